The average Bonchev–Trinajstić information content (AvgIpc) is 2.77. The second kappa shape index (κ2) is 5.82. The number of rotatable bonds is 3. The predicted molar refractivity (Wildman–Crippen MR) is 70.9 cm³/mol. The number of halogens is 1. The Balaban J connectivity index is 1.83. The molecule has 0 aromatic carbocycles. The minimum absolute atomic E-state index is 0.224. The van der Waals surface area contributed by atoms with Crippen molar-refractivity contribution in [2.75, 3.05) is 0 Å². The molecule has 1 aliphatic carbocycles. The number of nitrogens with one attached hydrogen (secondary N) is 2. The van der Waals surface area contributed by atoms with Crippen molar-refractivity contribution in [1.82, 2.24) is 10.4 Å². The number of aromatic amines is 1. The number of H-pyrrole nitrogens is 1. The largest absolute Gasteiger partial charge is 0.356 e. The van der Waals surface area contributed by atoms with Gasteiger partial charge in [-0.25, -0.2) is 5.43 Å². The van der Waals surface area contributed by atoms with E-state index in [1.54, 1.807) is 12.3 Å². The summed E-state index contributed by atoms with van der Waals surface area (Å²) in [6, 6.07) is 1.72. The van der Waals surface area contributed by atoms with E-state index in [4.69, 9.17) is 0 Å². The molecule has 0 aliphatic heterocycles. The van der Waals surface area contributed by atoms with Gasteiger partial charge >= 0.3 is 0 Å². The SMILES string of the molecule is O=C(N/N=C\[C@H]1CC=CCC1)c1cc(Br)c[nH]1. The zero-order valence-corrected chi connectivity index (χ0v) is 10.9. The molecule has 1 amide bonds. The van der Waals surface area contributed by atoms with Crippen molar-refractivity contribution in [3.8, 4) is 0 Å². The Labute approximate surface area is 108 Å². The molecular formula is C12H14BrN3O. The Morgan fingerprint density at radius 1 is 1.59 bits per heavy atom. The molecule has 1 heterocycles. The van der Waals surface area contributed by atoms with E-state index in [2.05, 4.69) is 43.6 Å². The molecule has 1 aromatic rings. The Morgan fingerprint density at radius 3 is 3.12 bits per heavy atom. The van der Waals surface area contributed by atoms with Crippen LogP contribution in [0.2, 0.25) is 0 Å². The van der Waals surface area contributed by atoms with E-state index < -0.39 is 0 Å². The normalized spacial score (nSPS) is 19.7. The number of nitrogens with zero attached hydrogens (tertiary/aromatic N) is 1. The van der Waals surface area contributed by atoms with Crippen LogP contribution in [0.3, 0.4) is 0 Å². The first kappa shape index (κ1) is 12.1. The number of aromatic nitrogens is 1. The zero-order chi connectivity index (χ0) is 12.1. The van der Waals surface area contributed by atoms with E-state index in [0.717, 1.165) is 23.7 Å². The number of carbonyl (C=O) groups is 1. The first-order valence-electron chi connectivity index (χ1n) is 5.58. The summed E-state index contributed by atoms with van der Waals surface area (Å²) >= 11 is 3.27. The molecule has 0 saturated heterocycles. The minimum atomic E-state index is -0.224. The maximum Gasteiger partial charge on any atom is 0.287 e. The first-order chi connectivity index (χ1) is 8.25. The van der Waals surface area contributed by atoms with Gasteiger partial charge in [-0.2, -0.15) is 5.10 Å². The molecule has 0 unspecified atom stereocenters. The van der Waals surface area contributed by atoms with Crippen LogP contribution in [-0.2, 0) is 0 Å². The number of allylic oxidation sites excluding steroid dienone is 2. The van der Waals surface area contributed by atoms with Gasteiger partial charge in [0, 0.05) is 16.9 Å². The van der Waals surface area contributed by atoms with Crippen molar-refractivity contribution in [3.05, 3.63) is 34.6 Å². The molecule has 0 radical (unpaired) electrons. The highest BCUT2D eigenvalue weighted by atomic mass is 79.9. The number of hydrogen-bond acceptors (Lipinski definition) is 2. The summed E-state index contributed by atoms with van der Waals surface area (Å²) in [4.78, 5) is 14.5. The van der Waals surface area contributed by atoms with Crippen LogP contribution in [0.4, 0.5) is 0 Å². The molecule has 0 spiro atoms. The van der Waals surface area contributed by atoms with Gasteiger partial charge < -0.3 is 4.98 Å². The molecular weight excluding hydrogens is 282 g/mol. The quantitative estimate of drug-likeness (QED) is 0.503. The highest BCUT2D eigenvalue weighted by Crippen LogP contribution is 2.15. The molecule has 0 fully saturated rings. The number of amides is 1. The molecule has 90 valence electrons. The lowest BCUT2D eigenvalue weighted by molar-refractivity contribution is 0.0950. The summed E-state index contributed by atoms with van der Waals surface area (Å²) in [5.74, 6) is 0.217. The molecule has 1 aromatic heterocycles. The molecule has 2 rings (SSSR count). The topological polar surface area (TPSA) is 57.2 Å². The summed E-state index contributed by atoms with van der Waals surface area (Å²) in [5.41, 5.74) is 3.01. The fourth-order valence-electron chi connectivity index (χ4n) is 1.71. The fraction of sp³-hybridized carbons (Fsp3) is 0.333. The first-order valence-corrected chi connectivity index (χ1v) is 6.37. The van der Waals surface area contributed by atoms with Gasteiger partial charge in [-0.1, -0.05) is 12.2 Å². The monoisotopic (exact) mass is 295 g/mol. The van der Waals surface area contributed by atoms with E-state index in [-0.39, 0.29) is 5.91 Å². The average molecular weight is 296 g/mol. The van der Waals surface area contributed by atoms with Gasteiger partial charge in [-0.3, -0.25) is 4.79 Å². The maximum atomic E-state index is 11.6. The lowest BCUT2D eigenvalue weighted by atomic mass is 9.96. The highest BCUT2D eigenvalue weighted by molar-refractivity contribution is 9.10. The summed E-state index contributed by atoms with van der Waals surface area (Å²) in [7, 11) is 0. The van der Waals surface area contributed by atoms with E-state index in [1.807, 2.05) is 6.21 Å². The predicted octanol–water partition coefficient (Wildman–Crippen LogP) is 2.85. The summed E-state index contributed by atoms with van der Waals surface area (Å²) in [5, 5.41) is 3.99. The van der Waals surface area contributed by atoms with Crippen LogP contribution in [0.5, 0.6) is 0 Å². The van der Waals surface area contributed by atoms with Crippen molar-refractivity contribution in [1.29, 1.82) is 0 Å². The van der Waals surface area contributed by atoms with Crippen molar-refractivity contribution in [2.45, 2.75) is 19.3 Å². The number of hydrazone groups is 1. The summed E-state index contributed by atoms with van der Waals surface area (Å²) in [6.45, 7) is 0. The standard InChI is InChI=1S/C12H14BrN3O/c13-10-6-11(14-8-10)12(17)16-15-7-9-4-2-1-3-5-9/h1-2,6-9,14H,3-5H2,(H,16,17)/b15-7-/t9-/m0/s1. The van der Waals surface area contributed by atoms with Gasteiger partial charge in [-0.15, -0.1) is 0 Å². The molecule has 0 bridgehead atoms. The molecule has 1 atom stereocenters. The van der Waals surface area contributed by atoms with E-state index in [0.29, 0.717) is 11.6 Å². The number of hydrogen-bond donors (Lipinski definition) is 2. The van der Waals surface area contributed by atoms with Gasteiger partial charge in [0.1, 0.15) is 5.69 Å². The third-order valence-electron chi connectivity index (χ3n) is 2.65. The lowest BCUT2D eigenvalue weighted by Gasteiger charge is -2.11. The Morgan fingerprint density at radius 2 is 2.47 bits per heavy atom. The second-order valence-corrected chi connectivity index (χ2v) is 4.91. The molecule has 17 heavy (non-hydrogen) atoms. The molecule has 0 saturated carbocycles. The van der Waals surface area contributed by atoms with Gasteiger partial charge in [0.2, 0.25) is 0 Å². The minimum Gasteiger partial charge on any atom is -0.356 e. The summed E-state index contributed by atoms with van der Waals surface area (Å²) in [6.07, 6.45) is 11.1. The van der Waals surface area contributed by atoms with Crippen LogP contribution < -0.4 is 5.43 Å². The van der Waals surface area contributed by atoms with Crippen molar-refractivity contribution in [2.24, 2.45) is 11.0 Å². The molecule has 2 N–H and O–H groups in total. The van der Waals surface area contributed by atoms with Crippen LogP contribution in [0.1, 0.15) is 29.8 Å². The highest BCUT2D eigenvalue weighted by Gasteiger charge is 2.08. The maximum absolute atomic E-state index is 11.6. The molecule has 1 aliphatic rings. The van der Waals surface area contributed by atoms with E-state index in [1.165, 1.54) is 0 Å². The van der Waals surface area contributed by atoms with Crippen LogP contribution in [0.15, 0.2) is 34.0 Å². The molecule has 5 heteroatoms. The van der Waals surface area contributed by atoms with Gasteiger partial charge in [0.15, 0.2) is 0 Å². The van der Waals surface area contributed by atoms with Gasteiger partial charge in [0.25, 0.3) is 5.91 Å². The second-order valence-electron chi connectivity index (χ2n) is 4.00. The van der Waals surface area contributed by atoms with Crippen LogP contribution in [0.25, 0.3) is 0 Å². The zero-order valence-electron chi connectivity index (χ0n) is 9.32. The Kier molecular flexibility index (Phi) is 4.14. The third-order valence-corrected chi connectivity index (χ3v) is 3.11. The van der Waals surface area contributed by atoms with Crippen LogP contribution >= 0.6 is 15.9 Å². The van der Waals surface area contributed by atoms with Crippen molar-refractivity contribution >= 4 is 28.1 Å². The third kappa shape index (κ3) is 3.56. The fourth-order valence-corrected chi connectivity index (χ4v) is 2.06. The van der Waals surface area contributed by atoms with Crippen molar-refractivity contribution < 1.29 is 4.79 Å². The summed E-state index contributed by atoms with van der Waals surface area (Å²) < 4.78 is 0.851. The Hall–Kier alpha value is -1.36. The smallest absolute Gasteiger partial charge is 0.287 e. The molecule has 4 nitrogen and oxygen atoms in total. The number of carbonyl (C=O) groups excluding carboxylic acids is 1. The van der Waals surface area contributed by atoms with E-state index >= 15 is 0 Å². The van der Waals surface area contributed by atoms with E-state index in [9.17, 15) is 4.79 Å². The lowest BCUT2D eigenvalue weighted by Crippen LogP contribution is -2.19. The Bertz CT molecular complexity index is 450. The van der Waals surface area contributed by atoms with Crippen LogP contribution in [-0.4, -0.2) is 17.1 Å². The van der Waals surface area contributed by atoms with Gasteiger partial charge in [0.05, 0.1) is 0 Å². The van der Waals surface area contributed by atoms with Crippen molar-refractivity contribution in [3.63, 3.8) is 0 Å². The van der Waals surface area contributed by atoms with Crippen LogP contribution in [0, 0.1) is 5.92 Å². The van der Waals surface area contributed by atoms with Gasteiger partial charge in [-0.05, 0) is 47.2 Å².